The summed E-state index contributed by atoms with van der Waals surface area (Å²) in [4.78, 5) is 23.5. The van der Waals surface area contributed by atoms with Crippen molar-refractivity contribution in [2.75, 3.05) is 0 Å². The van der Waals surface area contributed by atoms with Gasteiger partial charge in [-0.3, -0.25) is 4.79 Å². The van der Waals surface area contributed by atoms with Gasteiger partial charge in [-0.25, -0.2) is 4.79 Å². The minimum absolute atomic E-state index is 0.0987. The number of hydrogen-bond acceptors (Lipinski definition) is 3. The fourth-order valence-electron chi connectivity index (χ4n) is 1.53. The van der Waals surface area contributed by atoms with Gasteiger partial charge in [-0.15, -0.1) is 0 Å². The quantitative estimate of drug-likeness (QED) is 0.766. The smallest absolute Gasteiger partial charge is 0.408 e. The number of Topliss-reactive ketones (excluding diaryl/α,β-unsaturated/α-hetero) is 1. The Morgan fingerprint density at radius 3 is 2.24 bits per heavy atom. The highest BCUT2D eigenvalue weighted by Crippen LogP contribution is 2.34. The van der Waals surface area contributed by atoms with Crippen molar-refractivity contribution in [2.24, 2.45) is 5.92 Å². The van der Waals surface area contributed by atoms with Gasteiger partial charge in [0, 0.05) is 0 Å². The monoisotopic (exact) mass is 239 g/mol. The molecule has 4 heteroatoms. The molecule has 17 heavy (non-hydrogen) atoms. The lowest BCUT2D eigenvalue weighted by molar-refractivity contribution is -0.117. The molecule has 1 aliphatic rings. The molecule has 1 saturated carbocycles. The molecule has 1 N–H and O–H groups in total. The lowest BCUT2D eigenvalue weighted by Crippen LogP contribution is -2.45. The molecular weight excluding hydrogens is 218 g/mol. The van der Waals surface area contributed by atoms with Crippen LogP contribution in [0.15, 0.2) is 12.2 Å². The van der Waals surface area contributed by atoms with Gasteiger partial charge in [-0.1, -0.05) is 6.58 Å². The van der Waals surface area contributed by atoms with Crippen molar-refractivity contribution in [1.29, 1.82) is 0 Å². The predicted molar refractivity (Wildman–Crippen MR) is 65.7 cm³/mol. The summed E-state index contributed by atoms with van der Waals surface area (Å²) in [6.07, 6.45) is 1.41. The molecule has 0 radical (unpaired) electrons. The van der Waals surface area contributed by atoms with E-state index in [1.807, 2.05) is 0 Å². The van der Waals surface area contributed by atoms with Crippen molar-refractivity contribution in [3.8, 4) is 0 Å². The normalized spacial score (nSPS) is 17.2. The van der Waals surface area contributed by atoms with Crippen LogP contribution in [0.2, 0.25) is 0 Å². The lowest BCUT2D eigenvalue weighted by atomic mass is 10.0. The fourth-order valence-corrected chi connectivity index (χ4v) is 1.53. The van der Waals surface area contributed by atoms with Gasteiger partial charge in [-0.2, -0.15) is 0 Å². The van der Waals surface area contributed by atoms with E-state index in [9.17, 15) is 9.59 Å². The first-order chi connectivity index (χ1) is 7.70. The molecule has 4 nitrogen and oxygen atoms in total. The average molecular weight is 239 g/mol. The van der Waals surface area contributed by atoms with Gasteiger partial charge in [-0.05, 0) is 52.0 Å². The minimum Gasteiger partial charge on any atom is -0.444 e. The third-order valence-corrected chi connectivity index (χ3v) is 2.47. The van der Waals surface area contributed by atoms with Crippen LogP contribution >= 0.6 is 0 Å². The molecule has 0 spiro atoms. The van der Waals surface area contributed by atoms with E-state index in [1.54, 1.807) is 27.7 Å². The first-order valence-electron chi connectivity index (χ1n) is 5.90. The Labute approximate surface area is 102 Å². The van der Waals surface area contributed by atoms with E-state index in [2.05, 4.69) is 11.9 Å². The molecular formula is C13H21NO3. The Balaban J connectivity index is 2.59. The van der Waals surface area contributed by atoms with Gasteiger partial charge in [0.25, 0.3) is 0 Å². The molecule has 0 aliphatic heterocycles. The molecule has 1 aliphatic carbocycles. The summed E-state index contributed by atoms with van der Waals surface area (Å²) in [5, 5.41) is 2.65. The molecule has 1 unspecified atom stereocenters. The van der Waals surface area contributed by atoms with E-state index in [-0.39, 0.29) is 11.7 Å². The summed E-state index contributed by atoms with van der Waals surface area (Å²) < 4.78 is 5.14. The van der Waals surface area contributed by atoms with Crippen molar-refractivity contribution >= 4 is 11.9 Å². The third-order valence-electron chi connectivity index (χ3n) is 2.47. The van der Waals surface area contributed by atoms with E-state index in [1.165, 1.54) is 0 Å². The first-order valence-corrected chi connectivity index (χ1v) is 5.90. The number of ether oxygens (including phenoxy) is 1. The topological polar surface area (TPSA) is 55.4 Å². The summed E-state index contributed by atoms with van der Waals surface area (Å²) >= 11 is 0. The zero-order valence-electron chi connectivity index (χ0n) is 11.0. The van der Waals surface area contributed by atoms with Crippen LogP contribution in [0.1, 0.15) is 40.5 Å². The Kier molecular flexibility index (Phi) is 3.96. The molecule has 1 fully saturated rings. The summed E-state index contributed by atoms with van der Waals surface area (Å²) in [5.74, 6) is 0.144. The van der Waals surface area contributed by atoms with Crippen LogP contribution in [-0.2, 0) is 9.53 Å². The highest BCUT2D eigenvalue weighted by atomic mass is 16.6. The second kappa shape index (κ2) is 4.90. The maximum absolute atomic E-state index is 11.9. The summed E-state index contributed by atoms with van der Waals surface area (Å²) in [5.41, 5.74) is -0.0808. The molecule has 1 amide bonds. The van der Waals surface area contributed by atoms with Gasteiger partial charge in [0.15, 0.2) is 5.78 Å². The van der Waals surface area contributed by atoms with Crippen LogP contribution < -0.4 is 5.32 Å². The number of alkyl carbamates (subject to hydrolysis) is 1. The lowest BCUT2D eigenvalue weighted by Gasteiger charge is -2.23. The summed E-state index contributed by atoms with van der Waals surface area (Å²) in [6.45, 7) is 10.7. The number of hydrogen-bond donors (Lipinski definition) is 1. The molecule has 0 aromatic rings. The van der Waals surface area contributed by atoms with Gasteiger partial charge in [0.05, 0.1) is 6.04 Å². The van der Waals surface area contributed by atoms with Crippen molar-refractivity contribution in [3.05, 3.63) is 12.2 Å². The van der Waals surface area contributed by atoms with Crippen LogP contribution in [-0.4, -0.2) is 23.5 Å². The SMILES string of the molecule is C=C(C)C(=O)C(NC(=O)OC(C)(C)C)C1CC1. The minimum atomic E-state index is -0.551. The second-order valence-electron chi connectivity index (χ2n) is 5.61. The van der Waals surface area contributed by atoms with Crippen LogP contribution in [0, 0.1) is 5.92 Å². The van der Waals surface area contributed by atoms with E-state index < -0.39 is 17.7 Å². The predicted octanol–water partition coefficient (Wildman–Crippen LogP) is 2.43. The number of nitrogens with one attached hydrogen (secondary N) is 1. The van der Waals surface area contributed by atoms with E-state index in [4.69, 9.17) is 4.74 Å². The third kappa shape index (κ3) is 4.59. The first kappa shape index (κ1) is 13.7. The molecule has 0 saturated heterocycles. The number of amides is 1. The Bertz CT molecular complexity index is 337. The Morgan fingerprint density at radius 2 is 1.88 bits per heavy atom. The number of carbonyl (C=O) groups is 2. The zero-order valence-corrected chi connectivity index (χ0v) is 11.0. The standard InChI is InChI=1S/C13H21NO3/c1-8(2)11(15)10(9-6-7-9)14-12(16)17-13(3,4)5/h9-10H,1,6-7H2,2-5H3,(H,14,16). The molecule has 0 aromatic carbocycles. The van der Waals surface area contributed by atoms with Crippen LogP contribution in [0.25, 0.3) is 0 Å². The van der Waals surface area contributed by atoms with Gasteiger partial charge < -0.3 is 10.1 Å². The largest absolute Gasteiger partial charge is 0.444 e. The summed E-state index contributed by atoms with van der Waals surface area (Å²) in [7, 11) is 0. The Hall–Kier alpha value is -1.32. The van der Waals surface area contributed by atoms with Crippen molar-refractivity contribution in [1.82, 2.24) is 5.32 Å². The molecule has 96 valence electrons. The average Bonchev–Trinajstić information content (AvgIpc) is 2.93. The maximum Gasteiger partial charge on any atom is 0.408 e. The molecule has 0 bridgehead atoms. The van der Waals surface area contributed by atoms with Crippen molar-refractivity contribution in [2.45, 2.75) is 52.2 Å². The van der Waals surface area contributed by atoms with Gasteiger partial charge in [0.2, 0.25) is 0 Å². The second-order valence-corrected chi connectivity index (χ2v) is 5.61. The number of ketones is 1. The van der Waals surface area contributed by atoms with Crippen LogP contribution in [0.3, 0.4) is 0 Å². The summed E-state index contributed by atoms with van der Waals surface area (Å²) in [6, 6.07) is -0.470. The van der Waals surface area contributed by atoms with Crippen LogP contribution in [0.4, 0.5) is 4.79 Å². The van der Waals surface area contributed by atoms with Crippen LogP contribution in [0.5, 0.6) is 0 Å². The van der Waals surface area contributed by atoms with E-state index in [0.717, 1.165) is 12.8 Å². The fraction of sp³-hybridized carbons (Fsp3) is 0.692. The van der Waals surface area contributed by atoms with Gasteiger partial charge >= 0.3 is 6.09 Å². The zero-order chi connectivity index (χ0) is 13.2. The highest BCUT2D eigenvalue weighted by molar-refractivity contribution is 6.00. The maximum atomic E-state index is 11.9. The molecule has 1 rings (SSSR count). The van der Waals surface area contributed by atoms with E-state index in [0.29, 0.717) is 5.57 Å². The van der Waals surface area contributed by atoms with Gasteiger partial charge in [0.1, 0.15) is 5.60 Å². The van der Waals surface area contributed by atoms with Crippen molar-refractivity contribution in [3.63, 3.8) is 0 Å². The number of rotatable bonds is 4. The highest BCUT2D eigenvalue weighted by Gasteiger charge is 2.38. The molecule has 1 atom stereocenters. The molecule has 0 heterocycles. The number of carbonyl (C=O) groups excluding carboxylic acids is 2. The molecule has 0 aromatic heterocycles. The Morgan fingerprint density at radius 1 is 1.35 bits per heavy atom. The van der Waals surface area contributed by atoms with Crippen molar-refractivity contribution < 1.29 is 14.3 Å². The van der Waals surface area contributed by atoms with E-state index >= 15 is 0 Å².